The molecule has 0 aliphatic carbocycles. The molecule has 0 radical (unpaired) electrons. The minimum absolute atomic E-state index is 0.158. The van der Waals surface area contributed by atoms with Crippen LogP contribution in [0.2, 0.25) is 0 Å². The zero-order valence-electron chi connectivity index (χ0n) is 15.3. The highest BCUT2D eigenvalue weighted by molar-refractivity contribution is 5.91. The third kappa shape index (κ3) is 4.41. The monoisotopic (exact) mass is 363 g/mol. The Labute approximate surface area is 157 Å². The van der Waals surface area contributed by atoms with Gasteiger partial charge in [0, 0.05) is 17.3 Å². The summed E-state index contributed by atoms with van der Waals surface area (Å²) in [6.45, 7) is 1.86. The summed E-state index contributed by atoms with van der Waals surface area (Å²) in [6, 6.07) is 18.0. The van der Waals surface area contributed by atoms with Crippen molar-refractivity contribution in [2.75, 3.05) is 12.4 Å². The first-order valence-corrected chi connectivity index (χ1v) is 8.71. The minimum atomic E-state index is -0.333. The Bertz CT molecular complexity index is 1010. The zero-order chi connectivity index (χ0) is 19.2. The van der Waals surface area contributed by atoms with E-state index in [2.05, 4.69) is 10.4 Å². The van der Waals surface area contributed by atoms with Gasteiger partial charge in [0.25, 0.3) is 5.56 Å². The van der Waals surface area contributed by atoms with Crippen molar-refractivity contribution in [3.63, 3.8) is 0 Å². The summed E-state index contributed by atoms with van der Waals surface area (Å²) in [6.07, 6.45) is 0.806. The molecule has 3 aromatic rings. The van der Waals surface area contributed by atoms with Gasteiger partial charge in [0.2, 0.25) is 5.91 Å². The van der Waals surface area contributed by atoms with Gasteiger partial charge in [-0.25, -0.2) is 4.68 Å². The standard InChI is InChI=1S/C21H21N3O3/c1-3-15-7-4-5-10-18(15)22-20(25)14-24-21(26)12-11-19(23-24)16-8-6-9-17(13-16)27-2/h4-13H,3,14H2,1-2H3,(H,22,25). The van der Waals surface area contributed by atoms with Gasteiger partial charge < -0.3 is 10.1 Å². The number of carbonyl (C=O) groups is 1. The lowest BCUT2D eigenvalue weighted by Gasteiger charge is -2.11. The molecule has 138 valence electrons. The highest BCUT2D eigenvalue weighted by atomic mass is 16.5. The van der Waals surface area contributed by atoms with Crippen LogP contribution in [0.1, 0.15) is 12.5 Å². The molecule has 0 bridgehead atoms. The average molecular weight is 363 g/mol. The number of anilines is 1. The molecule has 0 atom stereocenters. The van der Waals surface area contributed by atoms with Crippen LogP contribution in [0, 0.1) is 0 Å². The number of nitrogens with one attached hydrogen (secondary N) is 1. The summed E-state index contributed by atoms with van der Waals surface area (Å²) >= 11 is 0. The fourth-order valence-electron chi connectivity index (χ4n) is 2.77. The number of hydrogen-bond acceptors (Lipinski definition) is 4. The van der Waals surface area contributed by atoms with Crippen LogP contribution in [0.3, 0.4) is 0 Å². The second kappa shape index (κ2) is 8.31. The maximum Gasteiger partial charge on any atom is 0.267 e. The lowest BCUT2D eigenvalue weighted by atomic mass is 10.1. The molecule has 0 spiro atoms. The maximum atomic E-state index is 12.4. The van der Waals surface area contributed by atoms with Crippen molar-refractivity contribution in [1.82, 2.24) is 9.78 Å². The van der Waals surface area contributed by atoms with Gasteiger partial charge in [0.05, 0.1) is 12.8 Å². The van der Waals surface area contributed by atoms with Gasteiger partial charge in [-0.05, 0) is 36.2 Å². The Balaban J connectivity index is 1.82. The number of para-hydroxylation sites is 1. The van der Waals surface area contributed by atoms with E-state index in [0.717, 1.165) is 23.2 Å². The number of aryl methyl sites for hydroxylation is 1. The summed E-state index contributed by atoms with van der Waals surface area (Å²) in [5, 5.41) is 7.19. The normalized spacial score (nSPS) is 10.4. The molecule has 27 heavy (non-hydrogen) atoms. The van der Waals surface area contributed by atoms with Gasteiger partial charge in [-0.15, -0.1) is 0 Å². The molecular weight excluding hydrogens is 342 g/mol. The summed E-state index contributed by atoms with van der Waals surface area (Å²) in [5.41, 5.74) is 2.86. The molecular formula is C21H21N3O3. The van der Waals surface area contributed by atoms with Crippen molar-refractivity contribution in [3.05, 3.63) is 76.6 Å². The van der Waals surface area contributed by atoms with Crippen LogP contribution < -0.4 is 15.6 Å². The van der Waals surface area contributed by atoms with Gasteiger partial charge in [-0.2, -0.15) is 5.10 Å². The highest BCUT2D eigenvalue weighted by Crippen LogP contribution is 2.21. The van der Waals surface area contributed by atoms with E-state index in [1.165, 1.54) is 10.7 Å². The first-order chi connectivity index (χ1) is 13.1. The second-order valence-electron chi connectivity index (χ2n) is 6.01. The molecule has 3 rings (SSSR count). The van der Waals surface area contributed by atoms with Crippen molar-refractivity contribution in [2.45, 2.75) is 19.9 Å². The van der Waals surface area contributed by atoms with Gasteiger partial charge in [-0.3, -0.25) is 9.59 Å². The topological polar surface area (TPSA) is 73.2 Å². The molecule has 1 heterocycles. The quantitative estimate of drug-likeness (QED) is 0.730. The Kier molecular flexibility index (Phi) is 5.66. The van der Waals surface area contributed by atoms with Crippen molar-refractivity contribution in [1.29, 1.82) is 0 Å². The molecule has 1 amide bonds. The number of aromatic nitrogens is 2. The fraction of sp³-hybridized carbons (Fsp3) is 0.190. The Morgan fingerprint density at radius 3 is 2.70 bits per heavy atom. The van der Waals surface area contributed by atoms with Crippen molar-refractivity contribution < 1.29 is 9.53 Å². The van der Waals surface area contributed by atoms with Gasteiger partial charge in [0.1, 0.15) is 12.3 Å². The molecule has 0 aliphatic rings. The molecule has 1 N–H and O–H groups in total. The van der Waals surface area contributed by atoms with Crippen molar-refractivity contribution in [2.24, 2.45) is 0 Å². The smallest absolute Gasteiger partial charge is 0.267 e. The molecule has 6 heteroatoms. The Morgan fingerprint density at radius 2 is 1.93 bits per heavy atom. The first-order valence-electron chi connectivity index (χ1n) is 8.71. The van der Waals surface area contributed by atoms with E-state index < -0.39 is 0 Å². The van der Waals surface area contributed by atoms with Gasteiger partial charge in [-0.1, -0.05) is 37.3 Å². The fourth-order valence-corrected chi connectivity index (χ4v) is 2.77. The van der Waals surface area contributed by atoms with Crippen LogP contribution in [0.4, 0.5) is 5.69 Å². The van der Waals surface area contributed by atoms with Crippen LogP contribution >= 0.6 is 0 Å². The number of benzene rings is 2. The third-order valence-electron chi connectivity index (χ3n) is 4.20. The van der Waals surface area contributed by atoms with Gasteiger partial charge >= 0.3 is 0 Å². The summed E-state index contributed by atoms with van der Waals surface area (Å²) < 4.78 is 6.39. The minimum Gasteiger partial charge on any atom is -0.497 e. The van der Waals surface area contributed by atoms with Gasteiger partial charge in [0.15, 0.2) is 0 Å². The van der Waals surface area contributed by atoms with Crippen LogP contribution in [-0.2, 0) is 17.8 Å². The molecule has 1 aromatic heterocycles. The van der Waals surface area contributed by atoms with E-state index in [0.29, 0.717) is 11.4 Å². The number of amides is 1. The van der Waals surface area contributed by atoms with Crippen LogP contribution in [0.15, 0.2) is 65.5 Å². The molecule has 6 nitrogen and oxygen atoms in total. The van der Waals surface area contributed by atoms with Crippen molar-refractivity contribution in [3.8, 4) is 17.0 Å². The lowest BCUT2D eigenvalue weighted by molar-refractivity contribution is -0.117. The number of ether oxygens (including phenoxy) is 1. The maximum absolute atomic E-state index is 12.4. The zero-order valence-corrected chi connectivity index (χ0v) is 15.3. The predicted molar refractivity (Wildman–Crippen MR) is 105 cm³/mol. The number of hydrogen-bond donors (Lipinski definition) is 1. The molecule has 0 fully saturated rings. The average Bonchev–Trinajstić information content (AvgIpc) is 2.70. The summed E-state index contributed by atoms with van der Waals surface area (Å²) in [5.74, 6) is 0.397. The van der Waals surface area contributed by atoms with E-state index in [9.17, 15) is 9.59 Å². The number of rotatable bonds is 6. The molecule has 0 saturated carbocycles. The number of methoxy groups -OCH3 is 1. The lowest BCUT2D eigenvalue weighted by Crippen LogP contribution is -2.29. The molecule has 0 aliphatic heterocycles. The van der Waals surface area contributed by atoms with E-state index in [1.54, 1.807) is 13.2 Å². The van der Waals surface area contributed by atoms with E-state index >= 15 is 0 Å². The molecule has 0 unspecified atom stereocenters. The number of nitrogens with zero attached hydrogens (tertiary/aromatic N) is 2. The van der Waals surface area contributed by atoms with Crippen LogP contribution in [0.5, 0.6) is 5.75 Å². The Hall–Kier alpha value is -3.41. The summed E-state index contributed by atoms with van der Waals surface area (Å²) in [7, 11) is 1.59. The predicted octanol–water partition coefficient (Wildman–Crippen LogP) is 3.12. The largest absolute Gasteiger partial charge is 0.497 e. The van der Waals surface area contributed by atoms with Crippen LogP contribution in [-0.4, -0.2) is 22.8 Å². The van der Waals surface area contributed by atoms with Crippen molar-refractivity contribution >= 4 is 11.6 Å². The first kappa shape index (κ1) is 18.4. The van der Waals surface area contributed by atoms with E-state index in [-0.39, 0.29) is 18.0 Å². The van der Waals surface area contributed by atoms with E-state index in [4.69, 9.17) is 4.74 Å². The second-order valence-corrected chi connectivity index (χ2v) is 6.01. The molecule has 0 saturated heterocycles. The highest BCUT2D eigenvalue weighted by Gasteiger charge is 2.10. The SMILES string of the molecule is CCc1ccccc1NC(=O)Cn1nc(-c2cccc(OC)c2)ccc1=O. The van der Waals surface area contributed by atoms with E-state index in [1.807, 2.05) is 55.5 Å². The summed E-state index contributed by atoms with van der Waals surface area (Å²) in [4.78, 5) is 24.6. The Morgan fingerprint density at radius 1 is 1.11 bits per heavy atom. The van der Waals surface area contributed by atoms with Crippen LogP contribution in [0.25, 0.3) is 11.3 Å². The molecule has 2 aromatic carbocycles. The third-order valence-corrected chi connectivity index (χ3v) is 4.20. The number of carbonyl (C=O) groups excluding carboxylic acids is 1.